The van der Waals surface area contributed by atoms with E-state index in [0.29, 0.717) is 0 Å². The molecular weight excluding hydrogens is 152 g/mol. The lowest BCUT2D eigenvalue weighted by Gasteiger charge is -2.03. The summed E-state index contributed by atoms with van der Waals surface area (Å²) in [5, 5.41) is 0. The predicted octanol–water partition coefficient (Wildman–Crippen LogP) is 3.78. The Balaban J connectivity index is 3.53. The molecule has 0 bridgehead atoms. The van der Waals surface area contributed by atoms with E-state index in [1.165, 1.54) is 16.1 Å². The molecule has 62 valence electrons. The highest BCUT2D eigenvalue weighted by Crippen LogP contribution is 2.21. The van der Waals surface area contributed by atoms with E-state index in [1.54, 1.807) is 11.8 Å². The fourth-order valence-electron chi connectivity index (χ4n) is 0.613. The molecule has 0 N–H and O–H groups in total. The second-order valence-corrected chi connectivity index (χ2v) is 4.07. The van der Waals surface area contributed by atoms with Crippen molar-refractivity contribution in [2.24, 2.45) is 0 Å². The molecule has 0 spiro atoms. The van der Waals surface area contributed by atoms with E-state index in [1.807, 2.05) is 13.8 Å². The Morgan fingerprint density at radius 3 is 2.00 bits per heavy atom. The fourth-order valence-corrected chi connectivity index (χ4v) is 1.41. The van der Waals surface area contributed by atoms with Gasteiger partial charge >= 0.3 is 0 Å². The molecule has 0 aliphatic rings. The van der Waals surface area contributed by atoms with Gasteiger partial charge in [-0.25, -0.2) is 0 Å². The molecule has 0 heterocycles. The third kappa shape index (κ3) is 7.47. The first kappa shape index (κ1) is 10.6. The Bertz CT molecular complexity index is 177. The van der Waals surface area contributed by atoms with E-state index in [-0.39, 0.29) is 0 Å². The topological polar surface area (TPSA) is 0 Å². The first-order valence-corrected chi connectivity index (χ1v) is 4.60. The lowest BCUT2D eigenvalue weighted by atomic mass is 10.2. The predicted molar refractivity (Wildman–Crippen MR) is 55.8 cm³/mol. The third-order valence-electron chi connectivity index (χ3n) is 1.02. The van der Waals surface area contributed by atoms with Gasteiger partial charge in [0.05, 0.1) is 0 Å². The first-order valence-electron chi connectivity index (χ1n) is 3.61. The van der Waals surface area contributed by atoms with Crippen molar-refractivity contribution >= 4 is 11.8 Å². The van der Waals surface area contributed by atoms with Crippen LogP contribution in [0, 0.1) is 0 Å². The summed E-state index contributed by atoms with van der Waals surface area (Å²) in [5.41, 5.74) is 2.36. The van der Waals surface area contributed by atoms with Crippen molar-refractivity contribution in [1.82, 2.24) is 0 Å². The minimum Gasteiger partial charge on any atom is -0.126 e. The summed E-state index contributed by atoms with van der Waals surface area (Å²) >= 11 is 1.76. The molecule has 0 aliphatic carbocycles. The molecule has 0 fully saturated rings. The Morgan fingerprint density at radius 2 is 1.64 bits per heavy atom. The summed E-state index contributed by atoms with van der Waals surface area (Å²) in [5.74, 6) is 0.978. The number of rotatable bonds is 5. The molecule has 11 heavy (non-hydrogen) atoms. The maximum Gasteiger partial charge on any atom is 0.0181 e. The molecule has 0 aromatic rings. The van der Waals surface area contributed by atoms with Gasteiger partial charge in [0.1, 0.15) is 0 Å². The van der Waals surface area contributed by atoms with Crippen LogP contribution in [0.25, 0.3) is 0 Å². The SMILES string of the molecule is C=C(C)CSC(=C)CC(=C)C. The molecule has 0 atom stereocenters. The van der Waals surface area contributed by atoms with Crippen LogP contribution in [0.3, 0.4) is 0 Å². The minimum atomic E-state index is 0.929. The molecule has 0 aliphatic heterocycles. The molecule has 0 rings (SSSR count). The summed E-state index contributed by atoms with van der Waals surface area (Å²) in [6, 6.07) is 0. The van der Waals surface area contributed by atoms with E-state index in [2.05, 4.69) is 19.7 Å². The van der Waals surface area contributed by atoms with Crippen molar-refractivity contribution in [3.8, 4) is 0 Å². The van der Waals surface area contributed by atoms with Gasteiger partial charge in [-0.15, -0.1) is 11.8 Å². The van der Waals surface area contributed by atoms with Crippen molar-refractivity contribution < 1.29 is 0 Å². The van der Waals surface area contributed by atoms with E-state index in [9.17, 15) is 0 Å². The summed E-state index contributed by atoms with van der Waals surface area (Å²) in [6.07, 6.45) is 0.929. The molecule has 0 aromatic heterocycles. The van der Waals surface area contributed by atoms with Gasteiger partial charge in [0.2, 0.25) is 0 Å². The second-order valence-electron chi connectivity index (χ2n) is 2.92. The molecule has 0 unspecified atom stereocenters. The number of hydrogen-bond acceptors (Lipinski definition) is 1. The molecule has 0 nitrogen and oxygen atoms in total. The van der Waals surface area contributed by atoms with E-state index in [4.69, 9.17) is 0 Å². The molecular formula is C10H16S. The van der Waals surface area contributed by atoms with Crippen molar-refractivity contribution in [3.63, 3.8) is 0 Å². The Hall–Kier alpha value is -0.430. The van der Waals surface area contributed by atoms with Gasteiger partial charge in [0.15, 0.2) is 0 Å². The smallest absolute Gasteiger partial charge is 0.0181 e. The minimum absolute atomic E-state index is 0.929. The van der Waals surface area contributed by atoms with Gasteiger partial charge in [-0.05, 0) is 25.2 Å². The molecule has 0 amide bonds. The van der Waals surface area contributed by atoms with Crippen LogP contribution in [0.4, 0.5) is 0 Å². The van der Waals surface area contributed by atoms with Crippen LogP contribution in [0.5, 0.6) is 0 Å². The van der Waals surface area contributed by atoms with Crippen LogP contribution in [0.2, 0.25) is 0 Å². The lowest BCUT2D eigenvalue weighted by molar-refractivity contribution is 1.21. The highest BCUT2D eigenvalue weighted by molar-refractivity contribution is 8.03. The summed E-state index contributed by atoms with van der Waals surface area (Å²) < 4.78 is 0. The van der Waals surface area contributed by atoms with Gasteiger partial charge in [-0.1, -0.05) is 30.9 Å². The largest absolute Gasteiger partial charge is 0.126 e. The summed E-state index contributed by atoms with van der Waals surface area (Å²) in [4.78, 5) is 1.18. The third-order valence-corrected chi connectivity index (χ3v) is 2.21. The molecule has 0 radical (unpaired) electrons. The van der Waals surface area contributed by atoms with Crippen molar-refractivity contribution in [2.75, 3.05) is 5.75 Å². The van der Waals surface area contributed by atoms with E-state index in [0.717, 1.165) is 12.2 Å². The standard InChI is InChI=1S/C10H16S/c1-8(2)6-10(5)11-7-9(3)4/h1,3,5-7H2,2,4H3. The van der Waals surface area contributed by atoms with Gasteiger partial charge in [0.25, 0.3) is 0 Å². The maximum atomic E-state index is 3.93. The van der Waals surface area contributed by atoms with E-state index < -0.39 is 0 Å². The van der Waals surface area contributed by atoms with Gasteiger partial charge in [-0.3, -0.25) is 0 Å². The zero-order valence-corrected chi connectivity index (χ0v) is 8.26. The molecule has 1 heteroatoms. The van der Waals surface area contributed by atoms with E-state index >= 15 is 0 Å². The lowest BCUT2D eigenvalue weighted by Crippen LogP contribution is -1.82. The molecule has 0 saturated carbocycles. The summed E-state index contributed by atoms with van der Waals surface area (Å²) in [6.45, 7) is 15.6. The van der Waals surface area contributed by atoms with Gasteiger partial charge in [-0.2, -0.15) is 0 Å². The number of hydrogen-bond donors (Lipinski definition) is 0. The van der Waals surface area contributed by atoms with Crippen LogP contribution in [-0.4, -0.2) is 5.75 Å². The van der Waals surface area contributed by atoms with Crippen molar-refractivity contribution in [3.05, 3.63) is 35.8 Å². The molecule has 0 aromatic carbocycles. The highest BCUT2D eigenvalue weighted by Gasteiger charge is 1.95. The number of thioether (sulfide) groups is 1. The Kier molecular flexibility index (Phi) is 5.05. The van der Waals surface area contributed by atoms with Crippen LogP contribution in [-0.2, 0) is 0 Å². The molecule has 0 saturated heterocycles. The van der Waals surface area contributed by atoms with Crippen molar-refractivity contribution in [1.29, 1.82) is 0 Å². The fraction of sp³-hybridized carbons (Fsp3) is 0.400. The van der Waals surface area contributed by atoms with Crippen LogP contribution in [0.15, 0.2) is 35.8 Å². The average molecular weight is 168 g/mol. The van der Waals surface area contributed by atoms with Gasteiger partial charge in [0, 0.05) is 5.75 Å². The average Bonchev–Trinajstić information content (AvgIpc) is 1.82. The normalized spacial score (nSPS) is 9.27. The van der Waals surface area contributed by atoms with Crippen molar-refractivity contribution in [2.45, 2.75) is 20.3 Å². The zero-order valence-electron chi connectivity index (χ0n) is 7.44. The van der Waals surface area contributed by atoms with Crippen LogP contribution in [0.1, 0.15) is 20.3 Å². The maximum absolute atomic E-state index is 3.93. The summed E-state index contributed by atoms with van der Waals surface area (Å²) in [7, 11) is 0. The van der Waals surface area contributed by atoms with Crippen LogP contribution >= 0.6 is 11.8 Å². The second kappa shape index (κ2) is 5.25. The van der Waals surface area contributed by atoms with Gasteiger partial charge < -0.3 is 0 Å². The Labute approximate surface area is 74.1 Å². The first-order chi connectivity index (χ1) is 5.02. The van der Waals surface area contributed by atoms with Crippen LogP contribution < -0.4 is 0 Å². The zero-order chi connectivity index (χ0) is 8.85. The highest BCUT2D eigenvalue weighted by atomic mass is 32.2. The Morgan fingerprint density at radius 1 is 1.09 bits per heavy atom. The monoisotopic (exact) mass is 168 g/mol. The number of allylic oxidation sites excluding steroid dienone is 2. The quantitative estimate of drug-likeness (QED) is 0.563.